The van der Waals surface area contributed by atoms with Crippen molar-refractivity contribution in [2.45, 2.75) is 32.7 Å². The highest BCUT2D eigenvalue weighted by molar-refractivity contribution is 6.05. The first-order valence-corrected chi connectivity index (χ1v) is 10.1. The SMILES string of the molecule is Cc1cc(NC(=O)C(C)N2CCCc3c(NC(=O)c4ccc(F)cc4)cccc32)no1. The number of rotatable bonds is 5. The van der Waals surface area contributed by atoms with Crippen molar-refractivity contribution >= 4 is 29.0 Å². The number of nitrogens with zero attached hydrogens (tertiary/aromatic N) is 2. The Labute approximate surface area is 179 Å². The topological polar surface area (TPSA) is 87.5 Å². The average molecular weight is 422 g/mol. The molecular weight excluding hydrogens is 399 g/mol. The minimum Gasteiger partial charge on any atom is -0.360 e. The predicted octanol–water partition coefficient (Wildman–Crippen LogP) is 4.15. The first-order valence-electron chi connectivity index (χ1n) is 10.1. The van der Waals surface area contributed by atoms with Gasteiger partial charge in [0.1, 0.15) is 17.6 Å². The van der Waals surface area contributed by atoms with Gasteiger partial charge in [0.25, 0.3) is 5.91 Å². The minimum absolute atomic E-state index is 0.193. The van der Waals surface area contributed by atoms with Crippen molar-refractivity contribution < 1.29 is 18.5 Å². The lowest BCUT2D eigenvalue weighted by molar-refractivity contribution is -0.117. The van der Waals surface area contributed by atoms with Gasteiger partial charge in [-0.05, 0) is 68.7 Å². The zero-order valence-corrected chi connectivity index (χ0v) is 17.3. The standard InChI is InChI=1S/C23H23FN4O3/c1-14-13-21(27-31-14)26-22(29)15(2)28-12-4-5-18-19(6-3-7-20(18)28)25-23(30)16-8-10-17(24)11-9-16/h3,6-11,13,15H,4-5,12H2,1-2H3,(H,25,30)(H,26,27,29). The molecule has 1 aliphatic rings. The van der Waals surface area contributed by atoms with Gasteiger partial charge >= 0.3 is 0 Å². The van der Waals surface area contributed by atoms with Gasteiger partial charge in [-0.15, -0.1) is 0 Å². The highest BCUT2D eigenvalue weighted by atomic mass is 19.1. The summed E-state index contributed by atoms with van der Waals surface area (Å²) < 4.78 is 18.1. The van der Waals surface area contributed by atoms with Crippen molar-refractivity contribution in [3.63, 3.8) is 0 Å². The molecule has 0 spiro atoms. The normalized spacial score (nSPS) is 14.0. The zero-order chi connectivity index (χ0) is 22.0. The molecule has 1 atom stereocenters. The Morgan fingerprint density at radius 3 is 2.65 bits per heavy atom. The number of aromatic nitrogens is 1. The first kappa shape index (κ1) is 20.6. The molecule has 31 heavy (non-hydrogen) atoms. The molecule has 7 nitrogen and oxygen atoms in total. The number of amides is 2. The second kappa shape index (κ2) is 8.59. The molecule has 1 aromatic heterocycles. The van der Waals surface area contributed by atoms with E-state index in [4.69, 9.17) is 4.52 Å². The Morgan fingerprint density at radius 1 is 1.16 bits per heavy atom. The van der Waals surface area contributed by atoms with Gasteiger partial charge in [-0.1, -0.05) is 11.2 Å². The second-order valence-corrected chi connectivity index (χ2v) is 7.55. The Balaban J connectivity index is 1.54. The molecule has 0 bridgehead atoms. The van der Waals surface area contributed by atoms with Crippen LogP contribution >= 0.6 is 0 Å². The number of carbonyl (C=O) groups excluding carboxylic acids is 2. The fourth-order valence-corrected chi connectivity index (χ4v) is 3.77. The molecule has 0 saturated heterocycles. The molecule has 0 radical (unpaired) electrons. The Kier molecular flexibility index (Phi) is 5.70. The molecule has 8 heteroatoms. The van der Waals surface area contributed by atoms with Crippen molar-refractivity contribution in [1.82, 2.24) is 5.16 Å². The van der Waals surface area contributed by atoms with Crippen LogP contribution in [0.5, 0.6) is 0 Å². The van der Waals surface area contributed by atoms with Crippen LogP contribution in [0, 0.1) is 12.7 Å². The van der Waals surface area contributed by atoms with Gasteiger partial charge in [0.2, 0.25) is 5.91 Å². The van der Waals surface area contributed by atoms with Crippen LogP contribution in [0.2, 0.25) is 0 Å². The Hall–Kier alpha value is -3.68. The maximum atomic E-state index is 13.1. The molecule has 2 heterocycles. The number of fused-ring (bicyclic) bond motifs is 1. The Bertz CT molecular complexity index is 1110. The second-order valence-electron chi connectivity index (χ2n) is 7.55. The molecule has 3 aromatic rings. The van der Waals surface area contributed by atoms with E-state index in [9.17, 15) is 14.0 Å². The maximum absolute atomic E-state index is 13.1. The average Bonchev–Trinajstić information content (AvgIpc) is 3.18. The van der Waals surface area contributed by atoms with Crippen LogP contribution in [0.3, 0.4) is 0 Å². The van der Waals surface area contributed by atoms with E-state index in [2.05, 4.69) is 15.8 Å². The minimum atomic E-state index is -0.445. The summed E-state index contributed by atoms with van der Waals surface area (Å²) in [6, 6.07) is 12.3. The number of anilines is 3. The van der Waals surface area contributed by atoms with Crippen molar-refractivity contribution in [1.29, 1.82) is 0 Å². The number of nitrogens with one attached hydrogen (secondary N) is 2. The van der Waals surface area contributed by atoms with Crippen LogP contribution < -0.4 is 15.5 Å². The monoisotopic (exact) mass is 422 g/mol. The van der Waals surface area contributed by atoms with Crippen LogP contribution in [-0.2, 0) is 11.2 Å². The fraction of sp³-hybridized carbons (Fsp3) is 0.261. The molecule has 160 valence electrons. The van der Waals surface area contributed by atoms with Crippen molar-refractivity contribution in [2.75, 3.05) is 22.1 Å². The maximum Gasteiger partial charge on any atom is 0.255 e. The molecule has 4 rings (SSSR count). The number of benzene rings is 2. The number of carbonyl (C=O) groups is 2. The van der Waals surface area contributed by atoms with Gasteiger partial charge in [-0.2, -0.15) is 0 Å². The van der Waals surface area contributed by atoms with Crippen LogP contribution in [0.15, 0.2) is 53.1 Å². The summed E-state index contributed by atoms with van der Waals surface area (Å²) in [7, 11) is 0. The van der Waals surface area contributed by atoms with Crippen LogP contribution in [0.1, 0.15) is 35.0 Å². The highest BCUT2D eigenvalue weighted by Gasteiger charge is 2.28. The van der Waals surface area contributed by atoms with Crippen molar-refractivity contribution in [2.24, 2.45) is 0 Å². The van der Waals surface area contributed by atoms with E-state index in [0.717, 1.165) is 30.6 Å². The van der Waals surface area contributed by atoms with E-state index in [1.54, 1.807) is 13.0 Å². The molecule has 0 aliphatic carbocycles. The molecule has 2 N–H and O–H groups in total. The summed E-state index contributed by atoms with van der Waals surface area (Å²) in [5.74, 6) is 0.108. The molecule has 0 saturated carbocycles. The van der Waals surface area contributed by atoms with Crippen LogP contribution in [0.4, 0.5) is 21.6 Å². The third-order valence-electron chi connectivity index (χ3n) is 5.37. The van der Waals surface area contributed by atoms with Gasteiger partial charge in [0, 0.05) is 29.5 Å². The van der Waals surface area contributed by atoms with Gasteiger partial charge in [-0.25, -0.2) is 4.39 Å². The Morgan fingerprint density at radius 2 is 1.94 bits per heavy atom. The van der Waals surface area contributed by atoms with E-state index in [-0.39, 0.29) is 11.8 Å². The molecule has 1 aliphatic heterocycles. The summed E-state index contributed by atoms with van der Waals surface area (Å²) in [4.78, 5) is 27.4. The zero-order valence-electron chi connectivity index (χ0n) is 17.3. The highest BCUT2D eigenvalue weighted by Crippen LogP contribution is 2.34. The summed E-state index contributed by atoms with van der Waals surface area (Å²) >= 11 is 0. The largest absolute Gasteiger partial charge is 0.360 e. The van der Waals surface area contributed by atoms with Crippen molar-refractivity contribution in [3.8, 4) is 0 Å². The van der Waals surface area contributed by atoms with E-state index in [1.165, 1.54) is 24.3 Å². The van der Waals surface area contributed by atoms with Gasteiger partial charge < -0.3 is 20.1 Å². The summed E-state index contributed by atoms with van der Waals surface area (Å²) in [5.41, 5.74) is 2.95. The van der Waals surface area contributed by atoms with E-state index < -0.39 is 11.9 Å². The third-order valence-corrected chi connectivity index (χ3v) is 5.37. The summed E-state index contributed by atoms with van der Waals surface area (Å²) in [6.45, 7) is 4.31. The van der Waals surface area contributed by atoms with Gasteiger partial charge in [-0.3, -0.25) is 9.59 Å². The first-order chi connectivity index (χ1) is 14.9. The van der Waals surface area contributed by atoms with Crippen molar-refractivity contribution in [3.05, 3.63) is 71.2 Å². The lowest BCUT2D eigenvalue weighted by Crippen LogP contribution is -2.44. The number of aryl methyl sites for hydroxylation is 1. The van der Waals surface area contributed by atoms with Gasteiger partial charge in [0.15, 0.2) is 5.82 Å². The number of hydrogen-bond acceptors (Lipinski definition) is 5. The van der Waals surface area contributed by atoms with E-state index in [0.29, 0.717) is 22.8 Å². The van der Waals surface area contributed by atoms with Gasteiger partial charge in [0.05, 0.1) is 0 Å². The number of hydrogen-bond donors (Lipinski definition) is 2. The summed E-state index contributed by atoms with van der Waals surface area (Å²) in [5, 5.41) is 9.52. The molecule has 2 aromatic carbocycles. The third kappa shape index (κ3) is 4.42. The van der Waals surface area contributed by atoms with E-state index >= 15 is 0 Å². The lowest BCUT2D eigenvalue weighted by atomic mass is 9.97. The summed E-state index contributed by atoms with van der Waals surface area (Å²) in [6.07, 6.45) is 1.62. The molecule has 2 amide bonds. The van der Waals surface area contributed by atoms with E-state index in [1.807, 2.05) is 30.0 Å². The quantitative estimate of drug-likeness (QED) is 0.645. The molecular formula is C23H23FN4O3. The number of halogens is 1. The fourth-order valence-electron chi connectivity index (χ4n) is 3.77. The smallest absolute Gasteiger partial charge is 0.255 e. The van der Waals surface area contributed by atoms with Crippen LogP contribution in [-0.4, -0.2) is 29.6 Å². The lowest BCUT2D eigenvalue weighted by Gasteiger charge is -2.36. The molecule has 1 unspecified atom stereocenters. The van der Waals surface area contributed by atoms with Crippen LogP contribution in [0.25, 0.3) is 0 Å². The predicted molar refractivity (Wildman–Crippen MR) is 116 cm³/mol. The molecule has 0 fully saturated rings.